The van der Waals surface area contributed by atoms with Crippen LogP contribution in [0.15, 0.2) is 40.1 Å². The van der Waals surface area contributed by atoms with Crippen molar-refractivity contribution in [1.82, 2.24) is 29.2 Å². The van der Waals surface area contributed by atoms with Crippen molar-refractivity contribution in [2.24, 2.45) is 0 Å². The zero-order chi connectivity index (χ0) is 22.3. The fourth-order valence-corrected chi connectivity index (χ4v) is 5.57. The van der Waals surface area contributed by atoms with Crippen molar-refractivity contribution in [3.63, 3.8) is 0 Å². The average molecular weight is 492 g/mol. The average Bonchev–Trinajstić information content (AvgIpc) is 3.52. The Kier molecular flexibility index (Phi) is 5.36. The summed E-state index contributed by atoms with van der Waals surface area (Å²) in [6, 6.07) is 3.75. The number of nitrogens with two attached hydrogens (primary N) is 1. The first-order valence-corrected chi connectivity index (χ1v) is 12.7. The van der Waals surface area contributed by atoms with Crippen LogP contribution in [-0.4, -0.2) is 52.5 Å². The predicted octanol–water partition coefficient (Wildman–Crippen LogP) is 1.96. The van der Waals surface area contributed by atoms with Crippen LogP contribution in [-0.2, 0) is 16.6 Å². The summed E-state index contributed by atoms with van der Waals surface area (Å²) >= 11 is 2.84. The zero-order valence-corrected chi connectivity index (χ0v) is 19.1. The lowest BCUT2D eigenvalue weighted by molar-refractivity contribution is 0.174. The highest BCUT2D eigenvalue weighted by Gasteiger charge is 2.23. The van der Waals surface area contributed by atoms with E-state index in [-0.39, 0.29) is 24.9 Å². The normalized spacial score (nSPS) is 13.2. The second-order valence-corrected chi connectivity index (χ2v) is 10.6. The van der Waals surface area contributed by atoms with Crippen LogP contribution in [0.25, 0.3) is 21.7 Å². The number of imidazole rings is 1. The minimum Gasteiger partial charge on any atom is -0.454 e. The van der Waals surface area contributed by atoms with Gasteiger partial charge in [-0.15, -0.1) is 11.3 Å². The molecule has 0 bridgehead atoms. The molecule has 3 aromatic heterocycles. The molecule has 0 saturated carbocycles. The molecule has 11 nitrogen and oxygen atoms in total. The molecule has 0 fully saturated rings. The van der Waals surface area contributed by atoms with Gasteiger partial charge in [-0.05, 0) is 19.2 Å². The van der Waals surface area contributed by atoms with Crippen molar-refractivity contribution < 1.29 is 17.9 Å². The van der Waals surface area contributed by atoms with E-state index in [2.05, 4.69) is 24.7 Å². The molecule has 1 aromatic carbocycles. The quantitative estimate of drug-likeness (QED) is 0.393. The van der Waals surface area contributed by atoms with E-state index in [0.717, 1.165) is 15.5 Å². The third-order valence-electron chi connectivity index (χ3n) is 4.76. The lowest BCUT2D eigenvalue weighted by Gasteiger charge is -2.11. The van der Waals surface area contributed by atoms with Gasteiger partial charge in [0.1, 0.15) is 11.3 Å². The van der Waals surface area contributed by atoms with Crippen LogP contribution in [0.5, 0.6) is 11.5 Å². The number of hydrogen-bond acceptors (Lipinski definition) is 11. The first-order valence-electron chi connectivity index (χ1n) is 9.34. The SMILES string of the molecule is CNS(=O)(=O)CCn1c(Sc2cc3c(cc2-c2nccs2)OCO3)nc2c(N)ncnc21. The minimum atomic E-state index is -3.44. The number of ether oxygens (including phenoxy) is 2. The highest BCUT2D eigenvalue weighted by Crippen LogP contribution is 2.45. The molecule has 0 unspecified atom stereocenters. The molecule has 3 N–H and O–H groups in total. The smallest absolute Gasteiger partial charge is 0.231 e. The molecule has 0 radical (unpaired) electrons. The first kappa shape index (κ1) is 20.9. The Bertz CT molecular complexity index is 1400. The molecule has 14 heteroatoms. The van der Waals surface area contributed by atoms with Gasteiger partial charge in [-0.2, -0.15) is 0 Å². The molecular weight excluding hydrogens is 474 g/mol. The molecule has 0 saturated heterocycles. The van der Waals surface area contributed by atoms with Crippen molar-refractivity contribution >= 4 is 50.1 Å². The number of nitrogens with one attached hydrogen (secondary N) is 1. The van der Waals surface area contributed by atoms with Gasteiger partial charge in [0.25, 0.3) is 0 Å². The Morgan fingerprint density at radius 1 is 1.25 bits per heavy atom. The standard InChI is InChI=1S/C18H17N7O4S3/c1-20-32(26,27)5-3-25-16-14(15(19)22-8-23-16)24-18(25)31-13-7-12-11(28-9-29-12)6-10(13)17-21-2-4-30-17/h2,4,6-8,20H,3,5,9H2,1H3,(H2,19,22,23). The molecular formula is C18H17N7O4S3. The van der Waals surface area contributed by atoms with E-state index >= 15 is 0 Å². The monoisotopic (exact) mass is 491 g/mol. The topological polar surface area (TPSA) is 147 Å². The highest BCUT2D eigenvalue weighted by molar-refractivity contribution is 7.99. The van der Waals surface area contributed by atoms with Crippen molar-refractivity contribution in [3.8, 4) is 22.1 Å². The second-order valence-electron chi connectivity index (χ2n) is 6.64. The third kappa shape index (κ3) is 3.85. The van der Waals surface area contributed by atoms with Crippen LogP contribution in [0, 0.1) is 0 Å². The van der Waals surface area contributed by atoms with Crippen LogP contribution in [0.1, 0.15) is 0 Å². The molecule has 4 aromatic rings. The predicted molar refractivity (Wildman–Crippen MR) is 120 cm³/mol. The lowest BCUT2D eigenvalue weighted by Crippen LogP contribution is -2.25. The molecule has 5 rings (SSSR count). The van der Waals surface area contributed by atoms with Crippen LogP contribution >= 0.6 is 23.1 Å². The molecule has 0 atom stereocenters. The maximum absolute atomic E-state index is 12.1. The summed E-state index contributed by atoms with van der Waals surface area (Å²) in [4.78, 5) is 18.2. The summed E-state index contributed by atoms with van der Waals surface area (Å²) < 4.78 is 39.3. The summed E-state index contributed by atoms with van der Waals surface area (Å²) in [6.45, 7) is 0.281. The maximum atomic E-state index is 12.1. The van der Waals surface area contributed by atoms with Gasteiger partial charge in [0.15, 0.2) is 33.6 Å². The molecule has 1 aliphatic rings. The third-order valence-corrected chi connectivity index (χ3v) is 7.96. The number of aryl methyl sites for hydroxylation is 1. The number of thiazole rings is 1. The van der Waals surface area contributed by atoms with E-state index in [4.69, 9.17) is 15.2 Å². The second kappa shape index (κ2) is 8.20. The van der Waals surface area contributed by atoms with Gasteiger partial charge in [0.2, 0.25) is 16.8 Å². The Balaban J connectivity index is 1.62. The molecule has 166 valence electrons. The summed E-state index contributed by atoms with van der Waals surface area (Å²) in [5.74, 6) is 1.33. The molecule has 0 aliphatic carbocycles. The molecule has 0 amide bonds. The number of benzene rings is 1. The number of aromatic nitrogens is 5. The largest absolute Gasteiger partial charge is 0.454 e. The van der Waals surface area contributed by atoms with E-state index < -0.39 is 10.0 Å². The molecule has 0 spiro atoms. The number of hydrogen-bond donors (Lipinski definition) is 2. The highest BCUT2D eigenvalue weighted by atomic mass is 32.2. The summed E-state index contributed by atoms with van der Waals surface area (Å²) in [7, 11) is -2.06. The van der Waals surface area contributed by atoms with E-state index in [0.29, 0.717) is 27.8 Å². The number of fused-ring (bicyclic) bond motifs is 2. The Hall–Kier alpha value is -2.94. The fraction of sp³-hybridized carbons (Fsp3) is 0.222. The number of rotatable bonds is 7. The van der Waals surface area contributed by atoms with E-state index in [1.165, 1.54) is 36.5 Å². The number of nitrogen functional groups attached to an aromatic ring is 1. The fourth-order valence-electron chi connectivity index (χ4n) is 3.16. The maximum Gasteiger partial charge on any atom is 0.231 e. The van der Waals surface area contributed by atoms with Gasteiger partial charge in [0, 0.05) is 28.6 Å². The Morgan fingerprint density at radius 2 is 2.06 bits per heavy atom. The van der Waals surface area contributed by atoms with Gasteiger partial charge in [-0.3, -0.25) is 0 Å². The Labute approximate surface area is 191 Å². The Morgan fingerprint density at radius 3 is 2.81 bits per heavy atom. The van der Waals surface area contributed by atoms with Crippen LogP contribution < -0.4 is 19.9 Å². The minimum absolute atomic E-state index is 0.135. The van der Waals surface area contributed by atoms with Crippen LogP contribution in [0.2, 0.25) is 0 Å². The van der Waals surface area contributed by atoms with E-state index in [1.807, 2.05) is 17.5 Å². The summed E-state index contributed by atoms with van der Waals surface area (Å²) in [5, 5.41) is 3.23. The molecule has 32 heavy (non-hydrogen) atoms. The van der Waals surface area contributed by atoms with Gasteiger partial charge < -0.3 is 19.8 Å². The zero-order valence-electron chi connectivity index (χ0n) is 16.7. The van der Waals surface area contributed by atoms with Gasteiger partial charge in [0.05, 0.1) is 5.75 Å². The lowest BCUT2D eigenvalue weighted by atomic mass is 10.2. The molecule has 4 heterocycles. The van der Waals surface area contributed by atoms with Crippen LogP contribution in [0.3, 0.4) is 0 Å². The van der Waals surface area contributed by atoms with Crippen molar-refractivity contribution in [1.29, 1.82) is 0 Å². The van der Waals surface area contributed by atoms with E-state index in [1.54, 1.807) is 10.8 Å². The number of sulfonamides is 1. The number of anilines is 1. The van der Waals surface area contributed by atoms with Gasteiger partial charge in [-0.1, -0.05) is 11.8 Å². The van der Waals surface area contributed by atoms with Gasteiger partial charge >= 0.3 is 0 Å². The first-order chi connectivity index (χ1) is 15.4. The number of nitrogens with zero attached hydrogens (tertiary/aromatic N) is 5. The van der Waals surface area contributed by atoms with Gasteiger partial charge in [-0.25, -0.2) is 33.1 Å². The van der Waals surface area contributed by atoms with Crippen molar-refractivity contribution in [2.45, 2.75) is 16.6 Å². The molecule has 1 aliphatic heterocycles. The summed E-state index contributed by atoms with van der Waals surface area (Å²) in [6.07, 6.45) is 3.06. The van der Waals surface area contributed by atoms with Crippen molar-refractivity contribution in [3.05, 3.63) is 30.0 Å². The van der Waals surface area contributed by atoms with E-state index in [9.17, 15) is 8.42 Å². The van der Waals surface area contributed by atoms with Crippen LogP contribution in [0.4, 0.5) is 5.82 Å². The summed E-state index contributed by atoms with van der Waals surface area (Å²) in [5.41, 5.74) is 7.74. The van der Waals surface area contributed by atoms with Crippen molar-refractivity contribution in [2.75, 3.05) is 25.3 Å².